The number of nitriles is 1. The van der Waals surface area contributed by atoms with Crippen molar-refractivity contribution < 1.29 is 4.74 Å². The fourth-order valence-electron chi connectivity index (χ4n) is 2.60. The molecule has 132 valence electrons. The Morgan fingerprint density at radius 3 is 2.65 bits per heavy atom. The average Bonchev–Trinajstić information content (AvgIpc) is 3.08. The van der Waals surface area contributed by atoms with Crippen LogP contribution >= 0.6 is 11.8 Å². The van der Waals surface area contributed by atoms with Gasteiger partial charge in [0.05, 0.1) is 18.2 Å². The number of hydrogen-bond acceptors (Lipinski definition) is 5. The quantitative estimate of drug-likeness (QED) is 0.461. The first-order valence-electron chi connectivity index (χ1n) is 8.47. The minimum Gasteiger partial charge on any atom is -0.493 e. The highest BCUT2D eigenvalue weighted by Gasteiger charge is 2.13. The van der Waals surface area contributed by atoms with Crippen LogP contribution in [-0.2, 0) is 6.54 Å². The fourth-order valence-corrected chi connectivity index (χ4v) is 3.42. The van der Waals surface area contributed by atoms with Crippen LogP contribution in [0, 0.1) is 18.3 Å². The highest BCUT2D eigenvalue weighted by atomic mass is 32.2. The van der Waals surface area contributed by atoms with Crippen LogP contribution in [0.2, 0.25) is 0 Å². The minimum atomic E-state index is 0.562. The third kappa shape index (κ3) is 4.24. The molecule has 0 aliphatic carbocycles. The molecule has 0 N–H and O–H groups in total. The van der Waals surface area contributed by atoms with Gasteiger partial charge in [-0.2, -0.15) is 5.26 Å². The second-order valence-corrected chi connectivity index (χ2v) is 6.82. The van der Waals surface area contributed by atoms with Crippen molar-refractivity contribution >= 4 is 11.8 Å². The summed E-state index contributed by atoms with van der Waals surface area (Å²) in [6.07, 6.45) is 0. The Morgan fingerprint density at radius 1 is 1.15 bits per heavy atom. The molecule has 0 unspecified atom stereocenters. The van der Waals surface area contributed by atoms with Gasteiger partial charge < -0.3 is 9.30 Å². The molecule has 1 heterocycles. The molecule has 26 heavy (non-hydrogen) atoms. The second-order valence-electron chi connectivity index (χ2n) is 5.75. The Hall–Kier alpha value is -2.78. The highest BCUT2D eigenvalue weighted by molar-refractivity contribution is 7.99. The summed E-state index contributed by atoms with van der Waals surface area (Å²) < 4.78 is 7.85. The number of hydrogen-bond donors (Lipinski definition) is 0. The van der Waals surface area contributed by atoms with Gasteiger partial charge in [0.15, 0.2) is 11.0 Å². The Balaban J connectivity index is 1.60. The molecule has 0 atom stereocenters. The molecule has 0 aliphatic rings. The van der Waals surface area contributed by atoms with E-state index in [0.29, 0.717) is 12.2 Å². The zero-order valence-corrected chi connectivity index (χ0v) is 15.7. The molecule has 0 saturated carbocycles. The van der Waals surface area contributed by atoms with Crippen molar-refractivity contribution in [2.45, 2.75) is 25.5 Å². The Bertz CT molecular complexity index is 912. The summed E-state index contributed by atoms with van der Waals surface area (Å²) in [6.45, 7) is 5.55. The van der Waals surface area contributed by atoms with E-state index in [0.717, 1.165) is 34.6 Å². The molecule has 0 spiro atoms. The molecule has 0 aliphatic heterocycles. The van der Waals surface area contributed by atoms with Gasteiger partial charge in [-0.25, -0.2) is 0 Å². The first-order chi connectivity index (χ1) is 12.7. The lowest BCUT2D eigenvalue weighted by Crippen LogP contribution is -2.03. The standard InChI is InChI=1S/C20H20N4OS/c1-3-24-19(17-6-4-5-15(2)13-17)22-23-20(24)26-12-11-25-18-9-7-16(14-21)8-10-18/h4-10,13H,3,11-12H2,1-2H3. The van der Waals surface area contributed by atoms with Crippen molar-refractivity contribution in [3.8, 4) is 23.2 Å². The minimum absolute atomic E-state index is 0.562. The lowest BCUT2D eigenvalue weighted by Gasteiger charge is -2.08. The number of aromatic nitrogens is 3. The van der Waals surface area contributed by atoms with Crippen molar-refractivity contribution in [1.29, 1.82) is 5.26 Å². The summed E-state index contributed by atoms with van der Waals surface area (Å²) in [6, 6.07) is 17.5. The molecule has 3 rings (SSSR count). The van der Waals surface area contributed by atoms with E-state index in [1.807, 2.05) is 18.2 Å². The van der Waals surface area contributed by atoms with Crippen LogP contribution < -0.4 is 4.74 Å². The number of thioether (sulfide) groups is 1. The monoisotopic (exact) mass is 364 g/mol. The molecule has 1 aromatic heterocycles. The van der Waals surface area contributed by atoms with E-state index in [2.05, 4.69) is 52.9 Å². The van der Waals surface area contributed by atoms with Gasteiger partial charge in [0.25, 0.3) is 0 Å². The lowest BCUT2D eigenvalue weighted by molar-refractivity contribution is 0.344. The van der Waals surface area contributed by atoms with E-state index in [9.17, 15) is 0 Å². The number of aryl methyl sites for hydroxylation is 1. The van der Waals surface area contributed by atoms with E-state index >= 15 is 0 Å². The summed E-state index contributed by atoms with van der Waals surface area (Å²) in [7, 11) is 0. The normalized spacial score (nSPS) is 10.5. The molecule has 6 heteroatoms. The van der Waals surface area contributed by atoms with E-state index in [-0.39, 0.29) is 0 Å². The Morgan fingerprint density at radius 2 is 1.96 bits per heavy atom. The molecule has 0 fully saturated rings. The molecular weight excluding hydrogens is 344 g/mol. The van der Waals surface area contributed by atoms with Crippen molar-refractivity contribution in [2.24, 2.45) is 0 Å². The van der Waals surface area contributed by atoms with Crippen LogP contribution in [0.15, 0.2) is 53.7 Å². The average molecular weight is 364 g/mol. The number of nitrogens with zero attached hydrogens (tertiary/aromatic N) is 4. The molecule has 0 bridgehead atoms. The maximum atomic E-state index is 8.81. The van der Waals surface area contributed by atoms with Crippen LogP contribution in [0.25, 0.3) is 11.4 Å². The van der Waals surface area contributed by atoms with Gasteiger partial charge >= 0.3 is 0 Å². The van der Waals surface area contributed by atoms with Crippen LogP contribution in [0.3, 0.4) is 0 Å². The largest absolute Gasteiger partial charge is 0.493 e. The Kier molecular flexibility index (Phi) is 5.92. The first kappa shape index (κ1) is 18.0. The Labute approximate surface area is 157 Å². The number of benzene rings is 2. The first-order valence-corrected chi connectivity index (χ1v) is 9.46. The van der Waals surface area contributed by atoms with Crippen molar-refractivity contribution in [1.82, 2.24) is 14.8 Å². The number of rotatable bonds is 7. The van der Waals surface area contributed by atoms with E-state index < -0.39 is 0 Å². The summed E-state index contributed by atoms with van der Waals surface area (Å²) in [5, 5.41) is 18.4. The van der Waals surface area contributed by atoms with Gasteiger partial charge in [-0.05, 0) is 44.2 Å². The van der Waals surface area contributed by atoms with E-state index in [4.69, 9.17) is 10.00 Å². The van der Waals surface area contributed by atoms with Crippen LogP contribution in [0.1, 0.15) is 18.1 Å². The fraction of sp³-hybridized carbons (Fsp3) is 0.250. The maximum absolute atomic E-state index is 8.81. The second kappa shape index (κ2) is 8.54. The molecular formula is C20H20N4OS. The predicted molar refractivity (Wildman–Crippen MR) is 103 cm³/mol. The van der Waals surface area contributed by atoms with Crippen molar-refractivity contribution in [3.05, 3.63) is 59.7 Å². The molecule has 0 radical (unpaired) electrons. The zero-order chi connectivity index (χ0) is 18.4. The molecule has 0 saturated heterocycles. The summed E-state index contributed by atoms with van der Waals surface area (Å²) in [5.74, 6) is 2.43. The highest BCUT2D eigenvalue weighted by Crippen LogP contribution is 2.24. The summed E-state index contributed by atoms with van der Waals surface area (Å²) >= 11 is 1.63. The smallest absolute Gasteiger partial charge is 0.191 e. The van der Waals surface area contributed by atoms with Gasteiger partial charge in [0, 0.05) is 17.9 Å². The molecule has 2 aromatic carbocycles. The summed E-state index contributed by atoms with van der Waals surface area (Å²) in [4.78, 5) is 0. The van der Waals surface area contributed by atoms with Gasteiger partial charge in [-0.3, -0.25) is 0 Å². The summed E-state index contributed by atoms with van der Waals surface area (Å²) in [5.41, 5.74) is 2.92. The van der Waals surface area contributed by atoms with E-state index in [1.54, 1.807) is 23.9 Å². The van der Waals surface area contributed by atoms with Crippen LogP contribution in [-0.4, -0.2) is 27.1 Å². The van der Waals surface area contributed by atoms with Crippen molar-refractivity contribution in [3.63, 3.8) is 0 Å². The SMILES string of the molecule is CCn1c(SCCOc2ccc(C#N)cc2)nnc1-c1cccc(C)c1. The topological polar surface area (TPSA) is 63.7 Å². The van der Waals surface area contributed by atoms with Crippen molar-refractivity contribution in [2.75, 3.05) is 12.4 Å². The van der Waals surface area contributed by atoms with Gasteiger partial charge in [-0.15, -0.1) is 10.2 Å². The van der Waals surface area contributed by atoms with Crippen LogP contribution in [0.4, 0.5) is 0 Å². The molecule has 0 amide bonds. The number of ether oxygens (including phenoxy) is 1. The van der Waals surface area contributed by atoms with Crippen LogP contribution in [0.5, 0.6) is 5.75 Å². The van der Waals surface area contributed by atoms with Gasteiger partial charge in [-0.1, -0.05) is 35.5 Å². The zero-order valence-electron chi connectivity index (χ0n) is 14.8. The maximum Gasteiger partial charge on any atom is 0.191 e. The molecule has 3 aromatic rings. The molecule has 5 nitrogen and oxygen atoms in total. The third-order valence-electron chi connectivity index (χ3n) is 3.88. The third-order valence-corrected chi connectivity index (χ3v) is 4.81. The van der Waals surface area contributed by atoms with Gasteiger partial charge in [0.2, 0.25) is 0 Å². The van der Waals surface area contributed by atoms with E-state index in [1.165, 1.54) is 5.56 Å². The van der Waals surface area contributed by atoms with Gasteiger partial charge in [0.1, 0.15) is 5.75 Å². The predicted octanol–water partition coefficient (Wildman–Crippen LogP) is 4.32. The lowest BCUT2D eigenvalue weighted by atomic mass is 10.1.